The minimum atomic E-state index is -3.27. The molecule has 0 spiro atoms. The van der Waals surface area contributed by atoms with Gasteiger partial charge < -0.3 is 9.80 Å². The van der Waals surface area contributed by atoms with E-state index in [1.54, 1.807) is 12.3 Å². The number of thiazole rings is 1. The number of anilines is 1. The average molecular weight is 459 g/mol. The molecule has 1 saturated heterocycles. The zero-order valence-corrected chi connectivity index (χ0v) is 20.1. The van der Waals surface area contributed by atoms with E-state index in [0.717, 1.165) is 68.3 Å². The third kappa shape index (κ3) is 5.66. The summed E-state index contributed by atoms with van der Waals surface area (Å²) in [7, 11) is -3.27. The van der Waals surface area contributed by atoms with Gasteiger partial charge >= 0.3 is 0 Å². The Balaban J connectivity index is 1.90. The second-order valence-electron chi connectivity index (χ2n) is 7.81. The van der Waals surface area contributed by atoms with E-state index in [9.17, 15) is 8.42 Å². The maximum atomic E-state index is 12.2. The van der Waals surface area contributed by atoms with Crippen LogP contribution in [0, 0.1) is 11.3 Å². The third-order valence-electron chi connectivity index (χ3n) is 5.43. The molecule has 166 valence electrons. The maximum absolute atomic E-state index is 12.2. The molecular weight excluding hydrogens is 428 g/mol. The number of hydrogen-bond acceptors (Lipinski definition) is 7. The molecule has 1 aromatic heterocycles. The van der Waals surface area contributed by atoms with Crippen molar-refractivity contribution in [3.8, 4) is 6.07 Å². The largest absolute Gasteiger partial charge is 0.368 e. The van der Waals surface area contributed by atoms with E-state index < -0.39 is 9.84 Å². The fourth-order valence-corrected chi connectivity index (χ4v) is 5.22. The summed E-state index contributed by atoms with van der Waals surface area (Å²) in [6.45, 7) is 7.58. The van der Waals surface area contributed by atoms with E-state index in [0.29, 0.717) is 9.77 Å². The van der Waals surface area contributed by atoms with Gasteiger partial charge in [0, 0.05) is 43.7 Å². The van der Waals surface area contributed by atoms with E-state index in [4.69, 9.17) is 5.26 Å². The van der Waals surface area contributed by atoms with Crippen LogP contribution in [0.4, 0.5) is 5.13 Å². The monoisotopic (exact) mass is 458 g/mol. The van der Waals surface area contributed by atoms with Crippen LogP contribution in [-0.2, 0) is 16.3 Å². The summed E-state index contributed by atoms with van der Waals surface area (Å²) in [5.74, 6) is 0. The second-order valence-corrected chi connectivity index (χ2v) is 10.8. The molecule has 0 bridgehead atoms. The van der Waals surface area contributed by atoms with Crippen LogP contribution in [0.1, 0.15) is 49.1 Å². The van der Waals surface area contributed by atoms with Crippen LogP contribution in [0.15, 0.2) is 35.4 Å². The molecule has 2 heterocycles. The first kappa shape index (κ1) is 23.3. The van der Waals surface area contributed by atoms with E-state index in [1.807, 2.05) is 12.1 Å². The summed E-state index contributed by atoms with van der Waals surface area (Å²) in [5, 5.41) is 9.96. The van der Waals surface area contributed by atoms with Gasteiger partial charge in [-0.15, -0.1) is 0 Å². The Labute approximate surface area is 189 Å². The lowest BCUT2D eigenvalue weighted by Gasteiger charge is -2.38. The van der Waals surface area contributed by atoms with Crippen LogP contribution in [-0.4, -0.2) is 50.7 Å². The Morgan fingerprint density at radius 1 is 1.23 bits per heavy atom. The van der Waals surface area contributed by atoms with E-state index in [-0.39, 0.29) is 0 Å². The van der Waals surface area contributed by atoms with Gasteiger partial charge in [0.05, 0.1) is 11.1 Å². The minimum Gasteiger partial charge on any atom is -0.368 e. The molecule has 0 unspecified atom stereocenters. The summed E-state index contributed by atoms with van der Waals surface area (Å²) in [6, 6.07) is 7.72. The van der Waals surface area contributed by atoms with Crippen LogP contribution in [0.25, 0.3) is 5.70 Å². The van der Waals surface area contributed by atoms with Gasteiger partial charge in [-0.1, -0.05) is 50.2 Å². The summed E-state index contributed by atoms with van der Waals surface area (Å²) < 4.78 is 24.5. The van der Waals surface area contributed by atoms with Crippen molar-refractivity contribution in [1.82, 2.24) is 9.88 Å². The van der Waals surface area contributed by atoms with Crippen molar-refractivity contribution in [2.75, 3.05) is 37.3 Å². The fourth-order valence-electron chi connectivity index (χ4n) is 3.80. The molecule has 3 rings (SSSR count). The van der Waals surface area contributed by atoms with Gasteiger partial charge in [-0.3, -0.25) is 0 Å². The molecule has 0 radical (unpaired) electrons. The van der Waals surface area contributed by atoms with E-state index >= 15 is 0 Å². The first-order chi connectivity index (χ1) is 14.9. The standard InChI is InChI=1S/C23H30N4O2S2/c1-4-6-8-22(21-15-20(31(3,28)29)10-9-18(21)7-5-2)26-11-13-27(14-12-26)23-25-17-19(16-24)30-23/h8-10,15,17H,4-7,11-14H2,1-3H3/b22-8-. The van der Waals surface area contributed by atoms with Gasteiger partial charge in [0.2, 0.25) is 0 Å². The summed E-state index contributed by atoms with van der Waals surface area (Å²) in [5.41, 5.74) is 3.36. The van der Waals surface area contributed by atoms with Gasteiger partial charge in [0.1, 0.15) is 10.9 Å². The third-order valence-corrected chi connectivity index (χ3v) is 7.50. The van der Waals surface area contributed by atoms with Crippen molar-refractivity contribution in [2.45, 2.75) is 44.4 Å². The lowest BCUT2D eigenvalue weighted by atomic mass is 9.98. The van der Waals surface area contributed by atoms with Crippen molar-refractivity contribution >= 4 is 32.0 Å². The number of nitriles is 1. The van der Waals surface area contributed by atoms with Crippen molar-refractivity contribution in [3.63, 3.8) is 0 Å². The molecule has 1 aromatic carbocycles. The Bertz CT molecular complexity index is 1080. The maximum Gasteiger partial charge on any atom is 0.186 e. The van der Waals surface area contributed by atoms with Gasteiger partial charge in [0.25, 0.3) is 0 Å². The Morgan fingerprint density at radius 3 is 2.55 bits per heavy atom. The highest BCUT2D eigenvalue weighted by Gasteiger charge is 2.23. The summed E-state index contributed by atoms with van der Waals surface area (Å²) in [4.78, 5) is 9.97. The van der Waals surface area contributed by atoms with Crippen LogP contribution < -0.4 is 4.90 Å². The van der Waals surface area contributed by atoms with Crippen molar-refractivity contribution in [3.05, 3.63) is 46.5 Å². The number of aromatic nitrogens is 1. The molecule has 1 fully saturated rings. The van der Waals surface area contributed by atoms with E-state index in [1.165, 1.54) is 23.2 Å². The Morgan fingerprint density at radius 2 is 1.97 bits per heavy atom. The molecule has 0 atom stereocenters. The van der Waals surface area contributed by atoms with Crippen molar-refractivity contribution in [1.29, 1.82) is 5.26 Å². The number of benzene rings is 1. The molecule has 8 heteroatoms. The molecule has 6 nitrogen and oxygen atoms in total. The highest BCUT2D eigenvalue weighted by atomic mass is 32.2. The minimum absolute atomic E-state index is 0.371. The number of unbranched alkanes of at least 4 members (excludes halogenated alkanes) is 1. The molecule has 0 aliphatic carbocycles. The van der Waals surface area contributed by atoms with Crippen molar-refractivity contribution < 1.29 is 8.42 Å². The molecule has 2 aromatic rings. The lowest BCUT2D eigenvalue weighted by molar-refractivity contribution is 0.366. The van der Waals surface area contributed by atoms with Gasteiger partial charge in [-0.2, -0.15) is 5.26 Å². The highest BCUT2D eigenvalue weighted by molar-refractivity contribution is 7.90. The number of sulfone groups is 1. The number of allylic oxidation sites excluding steroid dienone is 1. The van der Waals surface area contributed by atoms with Crippen LogP contribution >= 0.6 is 11.3 Å². The molecule has 0 amide bonds. The quantitative estimate of drug-likeness (QED) is 0.586. The molecule has 0 saturated carbocycles. The van der Waals surface area contributed by atoms with Crippen LogP contribution in [0.3, 0.4) is 0 Å². The molecule has 1 aliphatic rings. The first-order valence-electron chi connectivity index (χ1n) is 10.8. The Hall–Kier alpha value is -2.37. The lowest BCUT2D eigenvalue weighted by Crippen LogP contribution is -2.45. The van der Waals surface area contributed by atoms with Gasteiger partial charge in [0.15, 0.2) is 15.0 Å². The van der Waals surface area contributed by atoms with Gasteiger partial charge in [-0.05, 0) is 30.5 Å². The zero-order valence-electron chi connectivity index (χ0n) is 18.5. The Kier molecular flexibility index (Phi) is 7.74. The molecular formula is C23H30N4O2S2. The number of hydrogen-bond donors (Lipinski definition) is 0. The molecule has 31 heavy (non-hydrogen) atoms. The summed E-state index contributed by atoms with van der Waals surface area (Å²) in [6.07, 6.45) is 9.06. The number of rotatable bonds is 8. The smallest absolute Gasteiger partial charge is 0.186 e. The molecule has 0 N–H and O–H groups in total. The van der Waals surface area contributed by atoms with Crippen molar-refractivity contribution in [2.24, 2.45) is 0 Å². The van der Waals surface area contributed by atoms with E-state index in [2.05, 4.69) is 40.8 Å². The number of piperazine rings is 1. The normalized spacial score (nSPS) is 15.2. The zero-order chi connectivity index (χ0) is 22.4. The van der Waals surface area contributed by atoms with Gasteiger partial charge in [-0.25, -0.2) is 13.4 Å². The first-order valence-corrected chi connectivity index (χ1v) is 13.5. The second kappa shape index (κ2) is 10.3. The summed E-state index contributed by atoms with van der Waals surface area (Å²) >= 11 is 1.43. The SMILES string of the molecule is CCC/C=C(/c1cc(S(C)(=O)=O)ccc1CCC)N1CCN(c2ncc(C#N)s2)CC1. The van der Waals surface area contributed by atoms with Crippen LogP contribution in [0.5, 0.6) is 0 Å². The predicted octanol–water partition coefficient (Wildman–Crippen LogP) is 4.33. The highest BCUT2D eigenvalue weighted by Crippen LogP contribution is 2.30. The predicted molar refractivity (Wildman–Crippen MR) is 127 cm³/mol. The fraction of sp³-hybridized carbons (Fsp3) is 0.478. The molecule has 1 aliphatic heterocycles. The number of nitrogens with zero attached hydrogens (tertiary/aromatic N) is 4. The average Bonchev–Trinajstić information content (AvgIpc) is 3.24. The van der Waals surface area contributed by atoms with Crippen LogP contribution in [0.2, 0.25) is 0 Å². The number of aryl methyl sites for hydroxylation is 1. The topological polar surface area (TPSA) is 77.3 Å².